The van der Waals surface area contributed by atoms with Gasteiger partial charge in [0.15, 0.2) is 0 Å². The van der Waals surface area contributed by atoms with Crippen LogP contribution in [0.15, 0.2) is 24.3 Å². The van der Waals surface area contributed by atoms with Gasteiger partial charge < -0.3 is 10.5 Å². The second-order valence-corrected chi connectivity index (χ2v) is 3.57. The Balaban J connectivity index is 3.05. The summed E-state index contributed by atoms with van der Waals surface area (Å²) < 4.78 is 13.4. The van der Waals surface area contributed by atoms with Crippen LogP contribution in [0.5, 0.6) is 0 Å². The van der Waals surface area contributed by atoms with E-state index in [4.69, 9.17) is 5.41 Å². The molecule has 0 aliphatic rings. The molecule has 0 aliphatic carbocycles. The van der Waals surface area contributed by atoms with Crippen LogP contribution in [-0.2, 0) is 5.60 Å². The minimum Gasteiger partial charge on any atom is -0.379 e. The molecule has 81 valence electrons. The molecule has 0 spiro atoms. The highest BCUT2D eigenvalue weighted by molar-refractivity contribution is 5.91. The molecule has 1 rings (SSSR count). The van der Waals surface area contributed by atoms with E-state index in [0.717, 1.165) is 6.42 Å². The van der Waals surface area contributed by atoms with Crippen molar-refractivity contribution in [3.05, 3.63) is 42.6 Å². The van der Waals surface area contributed by atoms with E-state index in [1.165, 1.54) is 12.1 Å². The van der Waals surface area contributed by atoms with Gasteiger partial charge in [-0.1, -0.05) is 31.5 Å². The van der Waals surface area contributed by atoms with E-state index < -0.39 is 11.4 Å². The molecule has 1 atom stereocenters. The summed E-state index contributed by atoms with van der Waals surface area (Å²) in [6, 6.07) is 5.86. The molecular formula is C12H15FNO. The smallest absolute Gasteiger partial charge is 0.130 e. The zero-order valence-electron chi connectivity index (χ0n) is 8.76. The van der Waals surface area contributed by atoms with Crippen LogP contribution in [-0.4, -0.2) is 10.8 Å². The van der Waals surface area contributed by atoms with Gasteiger partial charge in [0.1, 0.15) is 11.4 Å². The Hall–Kier alpha value is -1.22. The number of halogens is 1. The fourth-order valence-corrected chi connectivity index (χ4v) is 1.42. The van der Waals surface area contributed by atoms with Gasteiger partial charge in [0.2, 0.25) is 0 Å². The Morgan fingerprint density at radius 1 is 1.53 bits per heavy atom. The molecule has 0 fully saturated rings. The second-order valence-electron chi connectivity index (χ2n) is 3.57. The molecule has 1 radical (unpaired) electrons. The molecule has 0 aromatic heterocycles. The number of rotatable bonds is 4. The lowest BCUT2D eigenvalue weighted by atomic mass is 9.88. The molecule has 0 aliphatic heterocycles. The van der Waals surface area contributed by atoms with Gasteiger partial charge >= 0.3 is 0 Å². The fourth-order valence-electron chi connectivity index (χ4n) is 1.42. The maximum atomic E-state index is 13.4. The quantitative estimate of drug-likeness (QED) is 0.734. The molecule has 15 heavy (non-hydrogen) atoms. The third-order valence-corrected chi connectivity index (χ3v) is 2.32. The standard InChI is InChI=1S/C12H15FNO/c1-3-6-11(14)12(2,15)9-7-4-5-8-10(9)13/h4-5,7-8,14-15H,2-3,6H2,1H3. The average molecular weight is 208 g/mol. The van der Waals surface area contributed by atoms with Crippen LogP contribution in [0.4, 0.5) is 4.39 Å². The molecule has 1 unspecified atom stereocenters. The third-order valence-electron chi connectivity index (χ3n) is 2.32. The van der Waals surface area contributed by atoms with Gasteiger partial charge in [-0.05, 0) is 19.4 Å². The first-order chi connectivity index (χ1) is 7.00. The normalized spacial score (nSPS) is 14.7. The Morgan fingerprint density at radius 3 is 2.67 bits per heavy atom. The van der Waals surface area contributed by atoms with Gasteiger partial charge in [-0.2, -0.15) is 0 Å². The highest BCUT2D eigenvalue weighted by atomic mass is 19.1. The number of nitrogens with one attached hydrogen (secondary N) is 1. The molecule has 0 amide bonds. The van der Waals surface area contributed by atoms with Crippen molar-refractivity contribution in [2.24, 2.45) is 0 Å². The molecule has 0 heterocycles. The molecule has 3 heteroatoms. The summed E-state index contributed by atoms with van der Waals surface area (Å²) in [4.78, 5) is 0. The van der Waals surface area contributed by atoms with Gasteiger partial charge in [-0.3, -0.25) is 0 Å². The van der Waals surface area contributed by atoms with Gasteiger partial charge in [0, 0.05) is 11.3 Å². The van der Waals surface area contributed by atoms with Crippen LogP contribution in [0.3, 0.4) is 0 Å². The zero-order chi connectivity index (χ0) is 11.5. The van der Waals surface area contributed by atoms with Crippen molar-refractivity contribution in [2.75, 3.05) is 0 Å². The van der Waals surface area contributed by atoms with Crippen molar-refractivity contribution in [1.29, 1.82) is 5.41 Å². The molecule has 0 saturated carbocycles. The van der Waals surface area contributed by atoms with E-state index in [0.29, 0.717) is 6.42 Å². The topological polar surface area (TPSA) is 44.1 Å². The van der Waals surface area contributed by atoms with Gasteiger partial charge in [0.25, 0.3) is 0 Å². The van der Waals surface area contributed by atoms with Crippen molar-refractivity contribution < 1.29 is 9.50 Å². The lowest BCUT2D eigenvalue weighted by Gasteiger charge is -2.24. The van der Waals surface area contributed by atoms with Crippen LogP contribution in [0.25, 0.3) is 0 Å². The molecule has 1 aromatic carbocycles. The monoisotopic (exact) mass is 208 g/mol. The van der Waals surface area contributed by atoms with E-state index in [1.54, 1.807) is 12.1 Å². The van der Waals surface area contributed by atoms with Crippen molar-refractivity contribution in [2.45, 2.75) is 25.4 Å². The Labute approximate surface area is 89.3 Å². The summed E-state index contributed by atoms with van der Waals surface area (Å²) in [6.45, 7) is 5.41. The molecule has 2 N–H and O–H groups in total. The number of hydrogen-bond donors (Lipinski definition) is 2. The van der Waals surface area contributed by atoms with Gasteiger partial charge in [-0.25, -0.2) is 4.39 Å². The summed E-state index contributed by atoms with van der Waals surface area (Å²) >= 11 is 0. The first-order valence-electron chi connectivity index (χ1n) is 4.90. The Bertz CT molecular complexity index is 360. The SMILES string of the molecule is [CH2]C(O)(C(=N)CCC)c1ccccc1F. The Kier molecular flexibility index (Phi) is 3.58. The zero-order valence-corrected chi connectivity index (χ0v) is 8.76. The van der Waals surface area contributed by atoms with E-state index in [-0.39, 0.29) is 11.3 Å². The first-order valence-corrected chi connectivity index (χ1v) is 4.90. The predicted octanol–water partition coefficient (Wildman–Crippen LogP) is 2.67. The summed E-state index contributed by atoms with van der Waals surface area (Å²) in [5.41, 5.74) is -1.65. The highest BCUT2D eigenvalue weighted by Crippen LogP contribution is 2.25. The fraction of sp³-hybridized carbons (Fsp3) is 0.333. The number of hydrogen-bond acceptors (Lipinski definition) is 2. The molecule has 1 aromatic rings. The van der Waals surface area contributed by atoms with Crippen molar-refractivity contribution in [1.82, 2.24) is 0 Å². The summed E-state index contributed by atoms with van der Waals surface area (Å²) in [7, 11) is 0. The molecule has 0 bridgehead atoms. The van der Waals surface area contributed by atoms with Crippen LogP contribution < -0.4 is 0 Å². The summed E-state index contributed by atoms with van der Waals surface area (Å²) in [5.74, 6) is -0.532. The molecule has 0 saturated heterocycles. The minimum absolute atomic E-state index is 0.0371. The van der Waals surface area contributed by atoms with Crippen LogP contribution >= 0.6 is 0 Å². The van der Waals surface area contributed by atoms with Gasteiger partial charge in [0.05, 0.1) is 0 Å². The molecular weight excluding hydrogens is 193 g/mol. The van der Waals surface area contributed by atoms with E-state index >= 15 is 0 Å². The van der Waals surface area contributed by atoms with Crippen molar-refractivity contribution in [3.63, 3.8) is 0 Å². The molecule has 2 nitrogen and oxygen atoms in total. The van der Waals surface area contributed by atoms with Gasteiger partial charge in [-0.15, -0.1) is 0 Å². The van der Waals surface area contributed by atoms with E-state index in [2.05, 4.69) is 6.92 Å². The average Bonchev–Trinajstić information content (AvgIpc) is 2.18. The van der Waals surface area contributed by atoms with E-state index in [1.807, 2.05) is 6.92 Å². The highest BCUT2D eigenvalue weighted by Gasteiger charge is 2.30. The third kappa shape index (κ3) is 2.42. The lowest BCUT2D eigenvalue weighted by molar-refractivity contribution is 0.153. The van der Waals surface area contributed by atoms with Crippen LogP contribution in [0.2, 0.25) is 0 Å². The largest absolute Gasteiger partial charge is 0.379 e. The van der Waals surface area contributed by atoms with Crippen LogP contribution in [0, 0.1) is 18.2 Å². The number of benzene rings is 1. The first kappa shape index (κ1) is 11.9. The maximum absolute atomic E-state index is 13.4. The van der Waals surface area contributed by atoms with E-state index in [9.17, 15) is 9.50 Å². The summed E-state index contributed by atoms with van der Waals surface area (Å²) in [6.07, 6.45) is 1.14. The predicted molar refractivity (Wildman–Crippen MR) is 58.3 cm³/mol. The van der Waals surface area contributed by atoms with Crippen molar-refractivity contribution >= 4 is 5.71 Å². The van der Waals surface area contributed by atoms with Crippen LogP contribution in [0.1, 0.15) is 25.3 Å². The minimum atomic E-state index is -1.75. The summed E-state index contributed by atoms with van der Waals surface area (Å²) in [5, 5.41) is 17.6. The lowest BCUT2D eigenvalue weighted by Crippen LogP contribution is -2.32. The van der Waals surface area contributed by atoms with Crippen molar-refractivity contribution in [3.8, 4) is 0 Å². The number of aliphatic hydroxyl groups is 1. The second kappa shape index (κ2) is 4.53. The maximum Gasteiger partial charge on any atom is 0.130 e. The Morgan fingerprint density at radius 2 is 2.13 bits per heavy atom.